The number of nitrogen functional groups attached to an aromatic ring is 1. The number of aromatic nitrogens is 3. The van der Waals surface area contributed by atoms with Gasteiger partial charge in [0.15, 0.2) is 5.65 Å². The van der Waals surface area contributed by atoms with Crippen molar-refractivity contribution in [2.24, 2.45) is 7.05 Å². The Balaban J connectivity index is 2.90. The van der Waals surface area contributed by atoms with Gasteiger partial charge in [0.05, 0.1) is 5.39 Å². The van der Waals surface area contributed by atoms with Crippen LogP contribution in [0.4, 0.5) is 5.95 Å². The molecule has 0 aliphatic rings. The predicted octanol–water partition coefficient (Wildman–Crippen LogP) is -0.485. The molecule has 0 bridgehead atoms. The summed E-state index contributed by atoms with van der Waals surface area (Å²) in [6, 6.07) is 1.74. The Morgan fingerprint density at radius 1 is 1.47 bits per heavy atom. The monoisotopic (exact) mass is 207 g/mol. The summed E-state index contributed by atoms with van der Waals surface area (Å²) in [7, 11) is 5.35. The fraction of sp³-hybridized carbons (Fsp3) is 0.333. The SMILES string of the molecule is CN(C)n1ccc2c(=O)n(C)c(N)nc21. The van der Waals surface area contributed by atoms with Crippen molar-refractivity contribution < 1.29 is 0 Å². The van der Waals surface area contributed by atoms with Crippen molar-refractivity contribution in [3.8, 4) is 0 Å². The van der Waals surface area contributed by atoms with Gasteiger partial charge >= 0.3 is 0 Å². The fourth-order valence-corrected chi connectivity index (χ4v) is 1.48. The molecule has 2 rings (SSSR count). The molecule has 2 aromatic rings. The lowest BCUT2D eigenvalue weighted by molar-refractivity contribution is 0.748. The topological polar surface area (TPSA) is 69.1 Å². The third-order valence-corrected chi connectivity index (χ3v) is 2.37. The van der Waals surface area contributed by atoms with Crippen LogP contribution in [-0.2, 0) is 7.05 Å². The molecule has 2 aromatic heterocycles. The van der Waals surface area contributed by atoms with E-state index in [1.54, 1.807) is 24.0 Å². The van der Waals surface area contributed by atoms with E-state index in [4.69, 9.17) is 5.73 Å². The first-order valence-corrected chi connectivity index (χ1v) is 4.53. The number of nitrogens with two attached hydrogens (primary N) is 1. The van der Waals surface area contributed by atoms with Crippen LogP contribution in [0.1, 0.15) is 0 Å². The molecule has 80 valence electrons. The van der Waals surface area contributed by atoms with Crippen molar-refractivity contribution in [2.45, 2.75) is 0 Å². The summed E-state index contributed by atoms with van der Waals surface area (Å²) in [5, 5.41) is 2.40. The van der Waals surface area contributed by atoms with Gasteiger partial charge in [-0.15, -0.1) is 0 Å². The summed E-state index contributed by atoms with van der Waals surface area (Å²) in [6.07, 6.45) is 1.79. The summed E-state index contributed by atoms with van der Waals surface area (Å²) < 4.78 is 3.11. The summed E-state index contributed by atoms with van der Waals surface area (Å²) >= 11 is 0. The third-order valence-electron chi connectivity index (χ3n) is 2.37. The van der Waals surface area contributed by atoms with E-state index in [1.165, 1.54) is 4.57 Å². The second-order valence-electron chi connectivity index (χ2n) is 3.58. The predicted molar refractivity (Wildman–Crippen MR) is 59.5 cm³/mol. The average molecular weight is 207 g/mol. The normalized spacial score (nSPS) is 10.9. The highest BCUT2D eigenvalue weighted by atomic mass is 16.1. The van der Waals surface area contributed by atoms with Gasteiger partial charge in [-0.25, -0.2) is 4.68 Å². The van der Waals surface area contributed by atoms with Crippen molar-refractivity contribution in [3.05, 3.63) is 22.6 Å². The van der Waals surface area contributed by atoms with Crippen LogP contribution in [0.25, 0.3) is 11.0 Å². The zero-order valence-electron chi connectivity index (χ0n) is 8.93. The lowest BCUT2D eigenvalue weighted by atomic mass is 10.4. The largest absolute Gasteiger partial charge is 0.369 e. The maximum Gasteiger partial charge on any atom is 0.264 e. The van der Waals surface area contributed by atoms with E-state index in [1.807, 2.05) is 19.1 Å². The molecule has 0 saturated heterocycles. The first kappa shape index (κ1) is 9.57. The first-order valence-electron chi connectivity index (χ1n) is 4.53. The van der Waals surface area contributed by atoms with Crippen molar-refractivity contribution in [1.82, 2.24) is 14.2 Å². The molecular formula is C9H13N5O. The van der Waals surface area contributed by atoms with Crippen LogP contribution in [0.2, 0.25) is 0 Å². The van der Waals surface area contributed by atoms with Gasteiger partial charge in [0, 0.05) is 27.3 Å². The molecule has 0 spiro atoms. The van der Waals surface area contributed by atoms with Crippen LogP contribution >= 0.6 is 0 Å². The van der Waals surface area contributed by atoms with Gasteiger partial charge in [0.1, 0.15) is 0 Å². The van der Waals surface area contributed by atoms with Gasteiger partial charge in [-0.1, -0.05) is 0 Å². The third kappa shape index (κ3) is 1.25. The molecule has 0 radical (unpaired) electrons. The average Bonchev–Trinajstić information content (AvgIpc) is 2.58. The zero-order chi connectivity index (χ0) is 11.2. The molecule has 2 heterocycles. The molecule has 0 aromatic carbocycles. The Hall–Kier alpha value is -1.98. The van der Waals surface area contributed by atoms with Gasteiger partial charge < -0.3 is 10.7 Å². The quantitative estimate of drug-likeness (QED) is 0.685. The summed E-state index contributed by atoms with van der Waals surface area (Å²) in [6.45, 7) is 0. The van der Waals surface area contributed by atoms with Crippen LogP contribution in [-0.4, -0.2) is 28.3 Å². The Kier molecular flexibility index (Phi) is 1.92. The lowest BCUT2D eigenvalue weighted by Crippen LogP contribution is -2.26. The van der Waals surface area contributed by atoms with E-state index in [2.05, 4.69) is 4.98 Å². The van der Waals surface area contributed by atoms with Crippen LogP contribution < -0.4 is 16.3 Å². The molecule has 0 fully saturated rings. The number of nitrogens with zero attached hydrogens (tertiary/aromatic N) is 4. The van der Waals surface area contributed by atoms with Crippen LogP contribution in [0.3, 0.4) is 0 Å². The second-order valence-corrected chi connectivity index (χ2v) is 3.58. The van der Waals surface area contributed by atoms with Crippen LogP contribution in [0.5, 0.6) is 0 Å². The first-order chi connectivity index (χ1) is 7.02. The molecule has 0 aliphatic heterocycles. The highest BCUT2D eigenvalue weighted by Crippen LogP contribution is 2.10. The molecule has 0 saturated carbocycles. The van der Waals surface area contributed by atoms with E-state index in [0.29, 0.717) is 11.0 Å². The number of rotatable bonds is 1. The smallest absolute Gasteiger partial charge is 0.264 e. The molecule has 15 heavy (non-hydrogen) atoms. The van der Waals surface area contributed by atoms with Gasteiger partial charge in [-0.3, -0.25) is 9.36 Å². The molecular weight excluding hydrogens is 194 g/mol. The van der Waals surface area contributed by atoms with Crippen molar-refractivity contribution in [3.63, 3.8) is 0 Å². The van der Waals surface area contributed by atoms with Gasteiger partial charge in [-0.05, 0) is 6.07 Å². The summed E-state index contributed by atoms with van der Waals surface area (Å²) in [5.74, 6) is 0.217. The highest BCUT2D eigenvalue weighted by molar-refractivity contribution is 5.76. The molecule has 0 atom stereocenters. The molecule has 0 unspecified atom stereocenters. The van der Waals surface area contributed by atoms with E-state index >= 15 is 0 Å². The zero-order valence-corrected chi connectivity index (χ0v) is 8.93. The number of hydrogen-bond acceptors (Lipinski definition) is 4. The maximum absolute atomic E-state index is 11.8. The Labute approximate surface area is 86.5 Å². The van der Waals surface area contributed by atoms with Gasteiger partial charge in [0.2, 0.25) is 5.95 Å². The minimum absolute atomic E-state index is 0.127. The molecule has 6 heteroatoms. The Bertz CT molecular complexity index is 566. The van der Waals surface area contributed by atoms with E-state index < -0.39 is 0 Å². The van der Waals surface area contributed by atoms with Crippen LogP contribution in [0, 0.1) is 0 Å². The van der Waals surface area contributed by atoms with E-state index in [-0.39, 0.29) is 11.5 Å². The fourth-order valence-electron chi connectivity index (χ4n) is 1.48. The molecule has 2 N–H and O–H groups in total. The Morgan fingerprint density at radius 2 is 2.13 bits per heavy atom. The number of anilines is 1. The van der Waals surface area contributed by atoms with Crippen molar-refractivity contribution >= 4 is 17.0 Å². The molecule has 0 amide bonds. The van der Waals surface area contributed by atoms with E-state index in [0.717, 1.165) is 0 Å². The Morgan fingerprint density at radius 3 is 2.73 bits per heavy atom. The lowest BCUT2D eigenvalue weighted by Gasteiger charge is -2.15. The standard InChI is InChI=1S/C9H13N5O/c1-12(2)14-5-4-6-7(14)11-9(10)13(3)8(6)15/h4-5H,1-3H3,(H2,10,11). The summed E-state index contributed by atoms with van der Waals surface area (Å²) in [5.41, 5.74) is 6.09. The van der Waals surface area contributed by atoms with Crippen molar-refractivity contribution in [2.75, 3.05) is 24.8 Å². The molecule has 0 aliphatic carbocycles. The van der Waals surface area contributed by atoms with Crippen LogP contribution in [0.15, 0.2) is 17.1 Å². The van der Waals surface area contributed by atoms with E-state index in [9.17, 15) is 4.79 Å². The highest BCUT2D eigenvalue weighted by Gasteiger charge is 2.10. The summed E-state index contributed by atoms with van der Waals surface area (Å²) in [4.78, 5) is 16.0. The second kappa shape index (κ2) is 3.01. The maximum atomic E-state index is 11.8. The van der Waals surface area contributed by atoms with Gasteiger partial charge in [-0.2, -0.15) is 4.98 Å². The van der Waals surface area contributed by atoms with Crippen molar-refractivity contribution in [1.29, 1.82) is 0 Å². The number of hydrogen-bond donors (Lipinski definition) is 1. The minimum Gasteiger partial charge on any atom is -0.369 e. The number of fused-ring (bicyclic) bond motifs is 1. The minimum atomic E-state index is -0.127. The molecule has 6 nitrogen and oxygen atoms in total. The van der Waals surface area contributed by atoms with Gasteiger partial charge in [0.25, 0.3) is 5.56 Å².